The van der Waals surface area contributed by atoms with Crippen LogP contribution in [0.3, 0.4) is 0 Å². The summed E-state index contributed by atoms with van der Waals surface area (Å²) in [4.78, 5) is 36.7. The van der Waals surface area contributed by atoms with Crippen LogP contribution in [0.5, 0.6) is 0 Å². The van der Waals surface area contributed by atoms with Crippen molar-refractivity contribution in [2.45, 2.75) is 180 Å². The van der Waals surface area contributed by atoms with Crippen molar-refractivity contribution in [2.75, 3.05) is 41.0 Å². The minimum absolute atomic E-state index is 0.0336. The number of quaternary nitrogens is 1. The van der Waals surface area contributed by atoms with Gasteiger partial charge in [-0.3, -0.25) is 9.59 Å². The second kappa shape index (κ2) is 37.9. The topological polar surface area (TPSA) is 102 Å². The summed E-state index contributed by atoms with van der Waals surface area (Å²) in [5, 5.41) is 11.6. The third kappa shape index (κ3) is 36.4. The maximum Gasteiger partial charge on any atom is 0.306 e. The van der Waals surface area contributed by atoms with Gasteiger partial charge in [0.2, 0.25) is 0 Å². The summed E-state index contributed by atoms with van der Waals surface area (Å²) in [5.41, 5.74) is 0. The highest BCUT2D eigenvalue weighted by atomic mass is 16.6. The summed E-state index contributed by atoms with van der Waals surface area (Å²) in [6.07, 6.45) is 45.3. The number of carboxylic acid groups (broad SMARTS) is 1. The molecule has 0 radical (unpaired) electrons. The first kappa shape index (κ1) is 52.0. The van der Waals surface area contributed by atoms with Crippen LogP contribution in [0.15, 0.2) is 60.8 Å². The van der Waals surface area contributed by atoms with E-state index in [1.54, 1.807) is 21.1 Å². The normalized spacial score (nSPS) is 13.5. The third-order valence-corrected chi connectivity index (χ3v) is 9.42. The number of aliphatic carboxylic acids is 1. The maximum absolute atomic E-state index is 12.7. The Morgan fingerprint density at radius 1 is 0.564 bits per heavy atom. The highest BCUT2D eigenvalue weighted by Crippen LogP contribution is 2.13. The monoisotopic (exact) mass is 772 g/mol. The predicted molar refractivity (Wildman–Crippen MR) is 226 cm³/mol. The molecule has 0 aromatic rings. The molecule has 0 fully saturated rings. The molecule has 0 N–H and O–H groups in total. The van der Waals surface area contributed by atoms with Crippen LogP contribution in [0.1, 0.15) is 168 Å². The van der Waals surface area contributed by atoms with Gasteiger partial charge in [0, 0.05) is 19.3 Å². The molecule has 0 saturated heterocycles. The van der Waals surface area contributed by atoms with Gasteiger partial charge in [-0.1, -0.05) is 152 Å². The molecule has 8 nitrogen and oxygen atoms in total. The van der Waals surface area contributed by atoms with Gasteiger partial charge >= 0.3 is 11.9 Å². The molecule has 55 heavy (non-hydrogen) atoms. The molecule has 0 amide bonds. The van der Waals surface area contributed by atoms with E-state index >= 15 is 0 Å². The van der Waals surface area contributed by atoms with Gasteiger partial charge in [-0.15, -0.1) is 0 Å². The van der Waals surface area contributed by atoms with Gasteiger partial charge in [0.15, 0.2) is 6.10 Å². The second-order valence-corrected chi connectivity index (χ2v) is 15.6. The first-order chi connectivity index (χ1) is 26.6. The minimum Gasteiger partial charge on any atom is -0.544 e. The third-order valence-electron chi connectivity index (χ3n) is 9.42. The standard InChI is InChI=1S/C47H81NO7/c1-6-8-10-12-14-16-17-18-19-20-21-22-23-24-25-26-27-28-30-32-34-36-38-46(50)55-43(41-53-40-39-44(47(51)52)48(3,4)5)42-54-45(49)37-35-33-31-29-15-13-11-9-7-2/h8,10,14,16,18-19,21-22,24-25,43-44H,6-7,9,11-13,15,17,20,23,26-42H2,1-5H3/b10-8+,16-14+,19-18+,22-21+,25-24+. The Hall–Kier alpha value is -2.97. The molecular weight excluding hydrogens is 691 g/mol. The van der Waals surface area contributed by atoms with Crippen molar-refractivity contribution in [1.82, 2.24) is 0 Å². The number of allylic oxidation sites excluding steroid dienone is 10. The molecule has 0 aliphatic rings. The van der Waals surface area contributed by atoms with Gasteiger partial charge in [0.1, 0.15) is 12.6 Å². The maximum atomic E-state index is 12.7. The first-order valence-electron chi connectivity index (χ1n) is 21.8. The van der Waals surface area contributed by atoms with E-state index in [9.17, 15) is 19.5 Å². The largest absolute Gasteiger partial charge is 0.544 e. The number of hydrogen-bond donors (Lipinski definition) is 0. The molecule has 2 atom stereocenters. The number of unbranched alkanes of at least 4 members (excludes halogenated alkanes) is 14. The summed E-state index contributed by atoms with van der Waals surface area (Å²) in [6.45, 7) is 4.50. The van der Waals surface area contributed by atoms with Gasteiger partial charge in [0.25, 0.3) is 0 Å². The molecule has 0 heterocycles. The van der Waals surface area contributed by atoms with E-state index in [0.29, 0.717) is 12.8 Å². The minimum atomic E-state index is -1.13. The number of carboxylic acids is 1. The van der Waals surface area contributed by atoms with E-state index in [1.165, 1.54) is 51.4 Å². The lowest BCUT2D eigenvalue weighted by Crippen LogP contribution is -2.55. The molecular formula is C47H81NO7. The molecule has 0 aromatic carbocycles. The van der Waals surface area contributed by atoms with Crippen molar-refractivity contribution in [3.05, 3.63) is 60.8 Å². The fourth-order valence-corrected chi connectivity index (χ4v) is 6.04. The molecule has 316 valence electrons. The Morgan fingerprint density at radius 2 is 1.02 bits per heavy atom. The zero-order valence-corrected chi connectivity index (χ0v) is 35.8. The molecule has 0 bridgehead atoms. The summed E-state index contributed by atoms with van der Waals surface area (Å²) < 4.78 is 17.1. The number of esters is 2. The van der Waals surface area contributed by atoms with E-state index in [0.717, 1.165) is 83.5 Å². The highest BCUT2D eigenvalue weighted by Gasteiger charge is 2.25. The van der Waals surface area contributed by atoms with Crippen molar-refractivity contribution < 1.29 is 38.2 Å². The van der Waals surface area contributed by atoms with E-state index in [4.69, 9.17) is 14.2 Å². The van der Waals surface area contributed by atoms with E-state index in [1.807, 2.05) is 0 Å². The smallest absolute Gasteiger partial charge is 0.306 e. The predicted octanol–water partition coefficient (Wildman–Crippen LogP) is 10.5. The number of hydrogen-bond acceptors (Lipinski definition) is 7. The van der Waals surface area contributed by atoms with Gasteiger partial charge in [0.05, 0.1) is 40.3 Å². The Labute approximate surface area is 337 Å². The van der Waals surface area contributed by atoms with Crippen LogP contribution >= 0.6 is 0 Å². The Bertz CT molecular complexity index is 1090. The van der Waals surface area contributed by atoms with Crippen LogP contribution in [-0.4, -0.2) is 75.5 Å². The van der Waals surface area contributed by atoms with Crippen LogP contribution in [0, 0.1) is 0 Å². The van der Waals surface area contributed by atoms with Crippen LogP contribution in [-0.2, 0) is 28.6 Å². The van der Waals surface area contributed by atoms with Crippen LogP contribution < -0.4 is 5.11 Å². The molecule has 0 saturated carbocycles. The number of rotatable bonds is 38. The fourth-order valence-electron chi connectivity index (χ4n) is 6.04. The summed E-state index contributed by atoms with van der Waals surface area (Å²) in [7, 11) is 5.39. The fraction of sp³-hybridized carbons (Fsp3) is 0.723. The van der Waals surface area contributed by atoms with Crippen molar-refractivity contribution in [2.24, 2.45) is 0 Å². The molecule has 0 spiro atoms. The summed E-state index contributed by atoms with van der Waals surface area (Å²) in [6, 6.07) is -0.728. The Balaban J connectivity index is 4.31. The average molecular weight is 772 g/mol. The summed E-state index contributed by atoms with van der Waals surface area (Å²) >= 11 is 0. The van der Waals surface area contributed by atoms with Gasteiger partial charge in [-0.25, -0.2) is 0 Å². The zero-order valence-electron chi connectivity index (χ0n) is 35.8. The lowest BCUT2D eigenvalue weighted by atomic mass is 10.1. The van der Waals surface area contributed by atoms with Gasteiger partial charge in [-0.05, 0) is 57.8 Å². The molecule has 0 aliphatic heterocycles. The van der Waals surface area contributed by atoms with Crippen molar-refractivity contribution in [3.8, 4) is 0 Å². The molecule has 2 unspecified atom stereocenters. The number of nitrogens with zero attached hydrogens (tertiary/aromatic N) is 1. The average Bonchev–Trinajstić information content (AvgIpc) is 3.14. The number of likely N-dealkylation sites (N-methyl/N-ethyl adjacent to an activating group) is 1. The van der Waals surface area contributed by atoms with Crippen LogP contribution in [0.4, 0.5) is 0 Å². The van der Waals surface area contributed by atoms with Gasteiger partial charge in [-0.2, -0.15) is 0 Å². The lowest BCUT2D eigenvalue weighted by molar-refractivity contribution is -0.889. The summed E-state index contributed by atoms with van der Waals surface area (Å²) in [5.74, 6) is -1.76. The van der Waals surface area contributed by atoms with E-state index in [2.05, 4.69) is 74.6 Å². The zero-order chi connectivity index (χ0) is 40.7. The lowest BCUT2D eigenvalue weighted by Gasteiger charge is -2.34. The number of carbonyl (C=O) groups excluding carboxylic acids is 3. The molecule has 0 aromatic heterocycles. The first-order valence-corrected chi connectivity index (χ1v) is 21.8. The Kier molecular flexibility index (Phi) is 35.9. The van der Waals surface area contributed by atoms with E-state index in [-0.39, 0.29) is 42.7 Å². The van der Waals surface area contributed by atoms with Crippen molar-refractivity contribution in [1.29, 1.82) is 0 Å². The SMILES string of the molecule is CC/C=C/C/C=C/C/C=C/C/C=C/C/C=C/CCCCCCCCC(=O)OC(COCCC(C(=O)[O-])[N+](C)(C)C)COC(=O)CCCCCCCCCCC. The quantitative estimate of drug-likeness (QED) is 0.0266. The van der Waals surface area contributed by atoms with Crippen molar-refractivity contribution in [3.63, 3.8) is 0 Å². The molecule has 0 rings (SSSR count). The Morgan fingerprint density at radius 3 is 1.51 bits per heavy atom. The highest BCUT2D eigenvalue weighted by molar-refractivity contribution is 5.70. The van der Waals surface area contributed by atoms with Gasteiger partial charge < -0.3 is 28.6 Å². The van der Waals surface area contributed by atoms with Crippen molar-refractivity contribution >= 4 is 17.9 Å². The second-order valence-electron chi connectivity index (χ2n) is 15.6. The number of ether oxygens (including phenoxy) is 3. The van der Waals surface area contributed by atoms with Crippen LogP contribution in [0.25, 0.3) is 0 Å². The molecule has 0 aliphatic carbocycles. The van der Waals surface area contributed by atoms with Crippen LogP contribution in [0.2, 0.25) is 0 Å². The molecule has 8 heteroatoms. The van der Waals surface area contributed by atoms with E-state index < -0.39 is 18.1 Å². The number of carbonyl (C=O) groups is 3.